The van der Waals surface area contributed by atoms with Crippen molar-refractivity contribution in [2.45, 2.75) is 71.1 Å². The SMILES string of the molecule is CCCCCc1c(C=C2C(=O)Nc3ccc(CCC(=O)O)cc32)oc2c1CCCC2. The zero-order valence-corrected chi connectivity index (χ0v) is 17.6. The molecule has 2 aliphatic rings. The van der Waals surface area contributed by atoms with Crippen molar-refractivity contribution in [3.63, 3.8) is 0 Å². The summed E-state index contributed by atoms with van der Waals surface area (Å²) >= 11 is 0. The molecule has 2 heterocycles. The lowest BCUT2D eigenvalue weighted by Crippen LogP contribution is -2.04. The van der Waals surface area contributed by atoms with E-state index in [1.807, 2.05) is 24.3 Å². The molecule has 2 aromatic rings. The minimum Gasteiger partial charge on any atom is -0.481 e. The van der Waals surface area contributed by atoms with Gasteiger partial charge in [-0.3, -0.25) is 9.59 Å². The van der Waals surface area contributed by atoms with Crippen molar-refractivity contribution in [3.05, 3.63) is 52.0 Å². The van der Waals surface area contributed by atoms with Crippen LogP contribution in [0, 0.1) is 0 Å². The Morgan fingerprint density at radius 1 is 1.20 bits per heavy atom. The van der Waals surface area contributed by atoms with Gasteiger partial charge in [0.15, 0.2) is 0 Å². The van der Waals surface area contributed by atoms with Crippen LogP contribution < -0.4 is 5.32 Å². The van der Waals surface area contributed by atoms with Crippen molar-refractivity contribution >= 4 is 29.2 Å². The number of fused-ring (bicyclic) bond motifs is 2. The van der Waals surface area contributed by atoms with Crippen LogP contribution in [0.25, 0.3) is 11.6 Å². The summed E-state index contributed by atoms with van der Waals surface area (Å²) < 4.78 is 6.27. The predicted octanol–water partition coefficient (Wildman–Crippen LogP) is 5.40. The van der Waals surface area contributed by atoms with E-state index in [2.05, 4.69) is 12.2 Å². The maximum Gasteiger partial charge on any atom is 0.303 e. The minimum absolute atomic E-state index is 0.0751. The van der Waals surface area contributed by atoms with Crippen molar-refractivity contribution in [2.75, 3.05) is 5.32 Å². The molecule has 0 atom stereocenters. The smallest absolute Gasteiger partial charge is 0.303 e. The summed E-state index contributed by atoms with van der Waals surface area (Å²) in [6.45, 7) is 2.20. The van der Waals surface area contributed by atoms with Crippen LogP contribution >= 0.6 is 0 Å². The second-order valence-electron chi connectivity index (χ2n) is 8.30. The highest BCUT2D eigenvalue weighted by atomic mass is 16.4. The first kappa shape index (κ1) is 20.5. The number of benzene rings is 1. The topological polar surface area (TPSA) is 79.5 Å². The lowest BCUT2D eigenvalue weighted by atomic mass is 9.91. The Morgan fingerprint density at radius 3 is 2.83 bits per heavy atom. The molecule has 5 nitrogen and oxygen atoms in total. The van der Waals surface area contributed by atoms with Crippen molar-refractivity contribution in [1.82, 2.24) is 0 Å². The minimum atomic E-state index is -0.821. The number of anilines is 1. The van der Waals surface area contributed by atoms with Gasteiger partial charge < -0.3 is 14.8 Å². The van der Waals surface area contributed by atoms with E-state index in [1.54, 1.807) is 0 Å². The number of aliphatic carboxylic acids is 1. The van der Waals surface area contributed by atoms with E-state index in [0.717, 1.165) is 60.4 Å². The number of hydrogen-bond donors (Lipinski definition) is 2. The van der Waals surface area contributed by atoms with Crippen molar-refractivity contribution in [2.24, 2.45) is 0 Å². The summed E-state index contributed by atoms with van der Waals surface area (Å²) in [6, 6.07) is 5.68. The zero-order valence-electron chi connectivity index (χ0n) is 17.6. The normalized spacial score (nSPS) is 16.4. The molecule has 0 saturated heterocycles. The highest BCUT2D eigenvalue weighted by molar-refractivity contribution is 6.34. The molecule has 0 spiro atoms. The monoisotopic (exact) mass is 407 g/mol. The quantitative estimate of drug-likeness (QED) is 0.453. The second kappa shape index (κ2) is 8.90. The summed E-state index contributed by atoms with van der Waals surface area (Å²) in [7, 11) is 0. The van der Waals surface area contributed by atoms with Crippen LogP contribution in [0.1, 0.15) is 79.2 Å². The third-order valence-corrected chi connectivity index (χ3v) is 6.11. The molecule has 1 aliphatic heterocycles. The predicted molar refractivity (Wildman–Crippen MR) is 117 cm³/mol. The Bertz CT molecular complexity index is 999. The molecule has 1 aliphatic carbocycles. The van der Waals surface area contributed by atoms with E-state index in [4.69, 9.17) is 9.52 Å². The van der Waals surface area contributed by atoms with Crippen LogP contribution in [0.3, 0.4) is 0 Å². The van der Waals surface area contributed by atoms with Gasteiger partial charge in [-0.2, -0.15) is 0 Å². The van der Waals surface area contributed by atoms with Gasteiger partial charge in [-0.05, 0) is 67.9 Å². The van der Waals surface area contributed by atoms with E-state index in [9.17, 15) is 9.59 Å². The molecular formula is C25H29NO4. The van der Waals surface area contributed by atoms with Gasteiger partial charge >= 0.3 is 5.97 Å². The van der Waals surface area contributed by atoms with Crippen LogP contribution in [0.4, 0.5) is 5.69 Å². The molecule has 2 N–H and O–H groups in total. The number of amides is 1. The first-order valence-electron chi connectivity index (χ1n) is 11.1. The fourth-order valence-electron chi connectivity index (χ4n) is 4.51. The number of carbonyl (C=O) groups is 2. The second-order valence-corrected chi connectivity index (χ2v) is 8.30. The Labute approximate surface area is 177 Å². The van der Waals surface area contributed by atoms with E-state index in [0.29, 0.717) is 12.0 Å². The fourth-order valence-corrected chi connectivity index (χ4v) is 4.51. The molecule has 5 heteroatoms. The number of unbranched alkanes of at least 4 members (excludes halogenated alkanes) is 2. The molecule has 158 valence electrons. The highest BCUT2D eigenvalue weighted by Crippen LogP contribution is 2.37. The van der Waals surface area contributed by atoms with Gasteiger partial charge in [0.25, 0.3) is 5.91 Å². The summed E-state index contributed by atoms with van der Waals surface area (Å²) in [6.07, 6.45) is 11.3. The third-order valence-electron chi connectivity index (χ3n) is 6.11. The molecule has 1 aromatic carbocycles. The Hall–Kier alpha value is -2.82. The molecule has 0 saturated carbocycles. The van der Waals surface area contributed by atoms with Crippen LogP contribution in [0.2, 0.25) is 0 Å². The lowest BCUT2D eigenvalue weighted by molar-refractivity contribution is -0.137. The number of aryl methyl sites for hydroxylation is 2. The summed E-state index contributed by atoms with van der Waals surface area (Å²) in [5, 5.41) is 11.9. The lowest BCUT2D eigenvalue weighted by Gasteiger charge is -2.10. The van der Waals surface area contributed by atoms with Gasteiger partial charge in [0, 0.05) is 29.7 Å². The number of hydrogen-bond acceptors (Lipinski definition) is 3. The zero-order chi connectivity index (χ0) is 21.1. The molecule has 4 rings (SSSR count). The average molecular weight is 408 g/mol. The molecule has 1 amide bonds. The Kier molecular flexibility index (Phi) is 6.07. The van der Waals surface area contributed by atoms with Gasteiger partial charge in [-0.25, -0.2) is 0 Å². The Morgan fingerprint density at radius 2 is 2.03 bits per heavy atom. The molecule has 0 radical (unpaired) electrons. The average Bonchev–Trinajstić information content (AvgIpc) is 3.24. The number of carboxylic acids is 1. The number of rotatable bonds is 8. The maximum atomic E-state index is 12.7. The summed E-state index contributed by atoms with van der Waals surface area (Å²) in [5.41, 5.74) is 5.75. The summed E-state index contributed by atoms with van der Waals surface area (Å²) in [4.78, 5) is 23.6. The third kappa shape index (κ3) is 4.20. The molecule has 30 heavy (non-hydrogen) atoms. The maximum absolute atomic E-state index is 12.7. The number of carbonyl (C=O) groups excluding carboxylic acids is 1. The largest absolute Gasteiger partial charge is 0.481 e. The fraction of sp³-hybridized carbons (Fsp3) is 0.440. The summed E-state index contributed by atoms with van der Waals surface area (Å²) in [5.74, 6) is 0.966. The van der Waals surface area contributed by atoms with E-state index in [-0.39, 0.29) is 12.3 Å². The first-order valence-corrected chi connectivity index (χ1v) is 11.1. The van der Waals surface area contributed by atoms with E-state index < -0.39 is 5.97 Å². The first-order chi connectivity index (χ1) is 14.6. The van der Waals surface area contributed by atoms with Gasteiger partial charge in [0.05, 0.1) is 5.57 Å². The van der Waals surface area contributed by atoms with Crippen LogP contribution in [0.5, 0.6) is 0 Å². The molecule has 0 bridgehead atoms. The number of nitrogens with one attached hydrogen (secondary N) is 1. The highest BCUT2D eigenvalue weighted by Gasteiger charge is 2.27. The molecule has 0 unspecified atom stereocenters. The molecule has 1 aromatic heterocycles. The van der Waals surface area contributed by atoms with Crippen molar-refractivity contribution < 1.29 is 19.1 Å². The standard InChI is InChI=1S/C25H29NO4/c1-2-3-4-7-18-17-8-5-6-9-22(17)30-23(18)15-20-19-14-16(11-13-24(27)28)10-12-21(19)26-25(20)29/h10,12,14-15H,2-9,11,13H2,1H3,(H,26,29)(H,27,28). The molecular weight excluding hydrogens is 378 g/mol. The molecule has 0 fully saturated rings. The number of carboxylic acid groups (broad SMARTS) is 1. The van der Waals surface area contributed by atoms with E-state index >= 15 is 0 Å². The van der Waals surface area contributed by atoms with Gasteiger partial charge in [-0.1, -0.05) is 25.8 Å². The van der Waals surface area contributed by atoms with Gasteiger partial charge in [0.2, 0.25) is 0 Å². The van der Waals surface area contributed by atoms with Gasteiger partial charge in [-0.15, -0.1) is 0 Å². The van der Waals surface area contributed by atoms with Crippen LogP contribution in [-0.4, -0.2) is 17.0 Å². The van der Waals surface area contributed by atoms with Crippen LogP contribution in [-0.2, 0) is 35.3 Å². The van der Waals surface area contributed by atoms with Crippen molar-refractivity contribution in [3.8, 4) is 0 Å². The van der Waals surface area contributed by atoms with E-state index in [1.165, 1.54) is 30.4 Å². The Balaban J connectivity index is 1.70. The van der Waals surface area contributed by atoms with Crippen LogP contribution in [0.15, 0.2) is 22.6 Å². The van der Waals surface area contributed by atoms with Gasteiger partial charge in [0.1, 0.15) is 11.5 Å². The number of furan rings is 1. The van der Waals surface area contributed by atoms with Crippen molar-refractivity contribution in [1.29, 1.82) is 0 Å².